The predicted molar refractivity (Wildman–Crippen MR) is 70.6 cm³/mol. The molecule has 1 amide bonds. The van der Waals surface area contributed by atoms with E-state index in [-0.39, 0.29) is 15.7 Å². The summed E-state index contributed by atoms with van der Waals surface area (Å²) in [6, 6.07) is 1.40. The standard InChI is InChI=1S/C12H12Cl2N2O3/c1-12(11(18)19)3-2-4-16(12)10(17)7-5-8(13)9(14)15-6-7/h5-6H,2-4H2,1H3,(H,18,19). The molecule has 0 radical (unpaired) electrons. The van der Waals surface area contributed by atoms with Crippen LogP contribution in [0.25, 0.3) is 0 Å². The first-order valence-corrected chi connectivity index (χ1v) is 6.48. The molecule has 1 unspecified atom stereocenters. The topological polar surface area (TPSA) is 70.5 Å². The van der Waals surface area contributed by atoms with E-state index in [0.29, 0.717) is 19.4 Å². The number of aromatic nitrogens is 1. The Labute approximate surface area is 120 Å². The van der Waals surface area contributed by atoms with Crippen molar-refractivity contribution in [3.8, 4) is 0 Å². The van der Waals surface area contributed by atoms with Crippen LogP contribution in [0.5, 0.6) is 0 Å². The van der Waals surface area contributed by atoms with Crippen LogP contribution in [0.3, 0.4) is 0 Å². The highest BCUT2D eigenvalue weighted by Crippen LogP contribution is 2.31. The minimum absolute atomic E-state index is 0.112. The molecular weight excluding hydrogens is 291 g/mol. The molecule has 1 fully saturated rings. The number of carbonyl (C=O) groups excluding carboxylic acids is 1. The molecule has 0 spiro atoms. The van der Waals surface area contributed by atoms with Gasteiger partial charge in [0.1, 0.15) is 10.7 Å². The number of carbonyl (C=O) groups is 2. The van der Waals surface area contributed by atoms with Crippen LogP contribution < -0.4 is 0 Å². The molecular formula is C12H12Cl2N2O3. The summed E-state index contributed by atoms with van der Waals surface area (Å²) in [4.78, 5) is 28.8. The Morgan fingerprint density at radius 2 is 2.16 bits per heavy atom. The van der Waals surface area contributed by atoms with Crippen LogP contribution >= 0.6 is 23.2 Å². The first-order chi connectivity index (χ1) is 8.86. The van der Waals surface area contributed by atoms with Crippen molar-refractivity contribution in [2.45, 2.75) is 25.3 Å². The van der Waals surface area contributed by atoms with E-state index in [1.807, 2.05) is 0 Å². The Morgan fingerprint density at radius 1 is 1.47 bits per heavy atom. The zero-order chi connectivity index (χ0) is 14.2. The summed E-state index contributed by atoms with van der Waals surface area (Å²) < 4.78 is 0. The van der Waals surface area contributed by atoms with E-state index >= 15 is 0 Å². The zero-order valence-electron chi connectivity index (χ0n) is 10.2. The first-order valence-electron chi connectivity index (χ1n) is 5.72. The lowest BCUT2D eigenvalue weighted by Gasteiger charge is -2.31. The summed E-state index contributed by atoms with van der Waals surface area (Å²) in [6.45, 7) is 1.95. The van der Waals surface area contributed by atoms with Crippen molar-refractivity contribution in [2.75, 3.05) is 6.54 Å². The molecule has 0 aliphatic carbocycles. The summed E-state index contributed by atoms with van der Waals surface area (Å²) in [5, 5.41) is 9.56. The van der Waals surface area contributed by atoms with Gasteiger partial charge in [0, 0.05) is 12.7 Å². The second kappa shape index (κ2) is 4.98. The number of aliphatic carboxylic acids is 1. The fourth-order valence-corrected chi connectivity index (χ4v) is 2.47. The van der Waals surface area contributed by atoms with E-state index in [1.54, 1.807) is 6.92 Å². The van der Waals surface area contributed by atoms with Gasteiger partial charge in [0.15, 0.2) is 0 Å². The van der Waals surface area contributed by atoms with Crippen LogP contribution in [0.2, 0.25) is 10.2 Å². The molecule has 2 heterocycles. The first kappa shape index (κ1) is 14.1. The molecule has 5 nitrogen and oxygen atoms in total. The van der Waals surface area contributed by atoms with Gasteiger partial charge in [-0.1, -0.05) is 23.2 Å². The van der Waals surface area contributed by atoms with Gasteiger partial charge in [0.25, 0.3) is 5.91 Å². The van der Waals surface area contributed by atoms with E-state index in [1.165, 1.54) is 17.2 Å². The molecule has 1 atom stereocenters. The number of hydrogen-bond donors (Lipinski definition) is 1. The van der Waals surface area contributed by atoms with Crippen molar-refractivity contribution in [3.05, 3.63) is 28.0 Å². The van der Waals surface area contributed by atoms with E-state index in [4.69, 9.17) is 23.2 Å². The predicted octanol–water partition coefficient (Wildman–Crippen LogP) is 2.47. The Balaban J connectivity index is 2.33. The molecule has 0 bridgehead atoms. The average molecular weight is 303 g/mol. The summed E-state index contributed by atoms with van der Waals surface area (Å²) in [5.74, 6) is -1.40. The molecule has 1 aliphatic rings. The maximum Gasteiger partial charge on any atom is 0.329 e. The number of carboxylic acids is 1. The lowest BCUT2D eigenvalue weighted by Crippen LogP contribution is -2.50. The molecule has 19 heavy (non-hydrogen) atoms. The Hall–Kier alpha value is -1.33. The Kier molecular flexibility index (Phi) is 3.69. The van der Waals surface area contributed by atoms with Crippen molar-refractivity contribution in [1.29, 1.82) is 0 Å². The molecule has 102 valence electrons. The van der Waals surface area contributed by atoms with Gasteiger partial charge in [-0.3, -0.25) is 4.79 Å². The summed E-state index contributed by atoms with van der Waals surface area (Å²) in [5.41, 5.74) is -0.938. The monoisotopic (exact) mass is 302 g/mol. The number of hydrogen-bond acceptors (Lipinski definition) is 3. The third-order valence-corrected chi connectivity index (χ3v) is 4.08. The molecule has 0 aromatic carbocycles. The second-order valence-corrected chi connectivity index (χ2v) is 5.40. The van der Waals surface area contributed by atoms with Crippen LogP contribution in [0.4, 0.5) is 0 Å². The molecule has 1 aromatic rings. The lowest BCUT2D eigenvalue weighted by atomic mass is 9.99. The van der Waals surface area contributed by atoms with Crippen molar-refractivity contribution in [2.24, 2.45) is 0 Å². The van der Waals surface area contributed by atoms with Crippen LogP contribution in [-0.2, 0) is 4.79 Å². The fraction of sp³-hybridized carbons (Fsp3) is 0.417. The van der Waals surface area contributed by atoms with Crippen LogP contribution in [0, 0.1) is 0 Å². The minimum atomic E-state index is -1.18. The van der Waals surface area contributed by atoms with Crippen LogP contribution in [0.1, 0.15) is 30.1 Å². The third-order valence-electron chi connectivity index (χ3n) is 3.39. The van der Waals surface area contributed by atoms with Gasteiger partial charge in [-0.05, 0) is 25.8 Å². The number of halogens is 2. The molecule has 2 rings (SSSR count). The average Bonchev–Trinajstić information content (AvgIpc) is 2.75. The van der Waals surface area contributed by atoms with Crippen LogP contribution in [-0.4, -0.2) is 39.0 Å². The number of amides is 1. The maximum atomic E-state index is 12.4. The van der Waals surface area contributed by atoms with E-state index in [0.717, 1.165) is 0 Å². The van der Waals surface area contributed by atoms with Gasteiger partial charge in [-0.15, -0.1) is 0 Å². The summed E-state index contributed by atoms with van der Waals surface area (Å²) in [6.07, 6.45) is 2.39. The van der Waals surface area contributed by atoms with Crippen molar-refractivity contribution < 1.29 is 14.7 Å². The molecule has 1 saturated heterocycles. The number of pyridine rings is 1. The normalized spacial score (nSPS) is 22.6. The number of likely N-dealkylation sites (tertiary alicyclic amines) is 1. The molecule has 1 aromatic heterocycles. The fourth-order valence-electron chi connectivity index (χ4n) is 2.21. The molecule has 1 aliphatic heterocycles. The number of rotatable bonds is 2. The van der Waals surface area contributed by atoms with Crippen molar-refractivity contribution in [1.82, 2.24) is 9.88 Å². The Bertz CT molecular complexity index is 550. The van der Waals surface area contributed by atoms with Gasteiger partial charge >= 0.3 is 5.97 Å². The highest BCUT2D eigenvalue weighted by Gasteiger charge is 2.46. The third kappa shape index (κ3) is 2.40. The van der Waals surface area contributed by atoms with Gasteiger partial charge < -0.3 is 10.0 Å². The smallest absolute Gasteiger partial charge is 0.329 e. The largest absolute Gasteiger partial charge is 0.480 e. The number of nitrogens with zero attached hydrogens (tertiary/aromatic N) is 2. The minimum Gasteiger partial charge on any atom is -0.480 e. The van der Waals surface area contributed by atoms with Gasteiger partial charge in [-0.2, -0.15) is 0 Å². The van der Waals surface area contributed by atoms with E-state index in [9.17, 15) is 14.7 Å². The summed E-state index contributed by atoms with van der Waals surface area (Å²) >= 11 is 11.5. The summed E-state index contributed by atoms with van der Waals surface area (Å²) in [7, 11) is 0. The maximum absolute atomic E-state index is 12.4. The highest BCUT2D eigenvalue weighted by atomic mass is 35.5. The molecule has 0 saturated carbocycles. The molecule has 1 N–H and O–H groups in total. The zero-order valence-corrected chi connectivity index (χ0v) is 11.7. The highest BCUT2D eigenvalue weighted by molar-refractivity contribution is 6.41. The Morgan fingerprint density at radius 3 is 2.74 bits per heavy atom. The van der Waals surface area contributed by atoms with Gasteiger partial charge in [0.2, 0.25) is 0 Å². The van der Waals surface area contributed by atoms with E-state index < -0.39 is 17.4 Å². The second-order valence-electron chi connectivity index (χ2n) is 4.64. The van der Waals surface area contributed by atoms with Gasteiger partial charge in [-0.25, -0.2) is 9.78 Å². The number of carboxylic acid groups (broad SMARTS) is 1. The quantitative estimate of drug-likeness (QED) is 0.852. The van der Waals surface area contributed by atoms with Gasteiger partial charge in [0.05, 0.1) is 10.6 Å². The lowest BCUT2D eigenvalue weighted by molar-refractivity contribution is -0.147. The molecule has 7 heteroatoms. The van der Waals surface area contributed by atoms with Crippen molar-refractivity contribution >= 4 is 35.1 Å². The van der Waals surface area contributed by atoms with Crippen molar-refractivity contribution in [3.63, 3.8) is 0 Å². The SMILES string of the molecule is CC1(C(=O)O)CCCN1C(=O)c1cnc(Cl)c(Cl)c1. The van der Waals surface area contributed by atoms with E-state index in [2.05, 4.69) is 4.98 Å². The van der Waals surface area contributed by atoms with Crippen LogP contribution in [0.15, 0.2) is 12.3 Å².